The number of carbonyl (C=O) groups is 1. The molecule has 0 unspecified atom stereocenters. The number of carboxylic acids is 1. The Bertz CT molecular complexity index is 1010. The molecule has 0 saturated carbocycles. The van der Waals surface area contributed by atoms with Crippen molar-refractivity contribution in [1.82, 2.24) is 0 Å². The molecular weight excluding hydrogens is 382 g/mol. The van der Waals surface area contributed by atoms with Crippen molar-refractivity contribution in [3.05, 3.63) is 70.6 Å². The van der Waals surface area contributed by atoms with Gasteiger partial charge in [-0.25, -0.2) is 13.2 Å². The van der Waals surface area contributed by atoms with Crippen LogP contribution in [0.4, 0.5) is 5.69 Å². The van der Waals surface area contributed by atoms with Crippen LogP contribution in [0.15, 0.2) is 65.6 Å². The van der Waals surface area contributed by atoms with E-state index in [-0.39, 0.29) is 15.5 Å². The molecule has 0 saturated heterocycles. The van der Waals surface area contributed by atoms with Crippen LogP contribution in [0.5, 0.6) is 0 Å². The maximum Gasteiger partial charge on any atom is 0.348 e. The molecule has 1 heterocycles. The maximum absolute atomic E-state index is 12.5. The van der Waals surface area contributed by atoms with Crippen molar-refractivity contribution in [1.29, 1.82) is 0 Å². The molecule has 128 valence electrons. The second kappa shape index (κ2) is 6.87. The average Bonchev–Trinajstić information content (AvgIpc) is 2.99. The minimum atomic E-state index is -3.92. The summed E-state index contributed by atoms with van der Waals surface area (Å²) in [5.74, 6) is -1.19. The fraction of sp³-hybridized carbons (Fsp3) is 0. The molecule has 8 heteroatoms. The smallest absolute Gasteiger partial charge is 0.348 e. The molecule has 1 aromatic heterocycles. The van der Waals surface area contributed by atoms with E-state index in [1.54, 1.807) is 0 Å². The molecule has 0 fully saturated rings. The summed E-state index contributed by atoms with van der Waals surface area (Å²) in [5.41, 5.74) is 0.846. The van der Waals surface area contributed by atoms with Gasteiger partial charge in [-0.3, -0.25) is 4.72 Å². The topological polar surface area (TPSA) is 83.5 Å². The summed E-state index contributed by atoms with van der Waals surface area (Å²) in [6.07, 6.45) is 0. The molecule has 0 aliphatic rings. The second-order valence-electron chi connectivity index (χ2n) is 5.08. The summed E-state index contributed by atoms with van der Waals surface area (Å²) in [6, 6.07) is 16.3. The molecule has 3 rings (SSSR count). The van der Waals surface area contributed by atoms with Crippen LogP contribution in [-0.2, 0) is 10.0 Å². The number of rotatable bonds is 5. The Morgan fingerprint density at radius 3 is 2.28 bits per heavy atom. The zero-order chi connectivity index (χ0) is 18.0. The quantitative estimate of drug-likeness (QED) is 0.665. The van der Waals surface area contributed by atoms with Gasteiger partial charge in [0, 0.05) is 9.90 Å². The highest BCUT2D eigenvalue weighted by molar-refractivity contribution is 7.92. The van der Waals surface area contributed by atoms with Gasteiger partial charge < -0.3 is 5.11 Å². The summed E-state index contributed by atoms with van der Waals surface area (Å²) >= 11 is 6.78. The van der Waals surface area contributed by atoms with Gasteiger partial charge in [0.25, 0.3) is 10.0 Å². The Balaban J connectivity index is 2.00. The fourth-order valence-corrected chi connectivity index (χ4v) is 4.40. The van der Waals surface area contributed by atoms with Gasteiger partial charge in [-0.15, -0.1) is 11.3 Å². The minimum absolute atomic E-state index is 0.000648. The van der Waals surface area contributed by atoms with Crippen molar-refractivity contribution in [3.8, 4) is 10.4 Å². The third-order valence-corrected chi connectivity index (χ3v) is 6.16. The molecule has 0 aliphatic heterocycles. The average molecular weight is 394 g/mol. The Morgan fingerprint density at radius 2 is 1.68 bits per heavy atom. The van der Waals surface area contributed by atoms with Crippen LogP contribution in [0.25, 0.3) is 10.4 Å². The van der Waals surface area contributed by atoms with E-state index < -0.39 is 16.0 Å². The molecule has 0 amide bonds. The van der Waals surface area contributed by atoms with Crippen molar-refractivity contribution in [3.63, 3.8) is 0 Å². The SMILES string of the molecule is O=C(O)c1sc(-c2ccccc2)cc1NS(=O)(=O)c1ccc(Cl)cc1. The molecule has 0 bridgehead atoms. The number of carboxylic acid groups (broad SMARTS) is 1. The van der Waals surface area contributed by atoms with E-state index in [2.05, 4.69) is 4.72 Å². The summed E-state index contributed by atoms with van der Waals surface area (Å²) < 4.78 is 27.3. The van der Waals surface area contributed by atoms with E-state index in [1.807, 2.05) is 30.3 Å². The maximum atomic E-state index is 12.5. The Kier molecular flexibility index (Phi) is 4.80. The lowest BCUT2D eigenvalue weighted by atomic mass is 10.2. The fourth-order valence-electron chi connectivity index (χ4n) is 2.19. The monoisotopic (exact) mass is 393 g/mol. The van der Waals surface area contributed by atoms with E-state index in [9.17, 15) is 18.3 Å². The number of thiophene rings is 1. The number of halogens is 1. The third-order valence-electron chi connectivity index (χ3n) is 3.35. The van der Waals surface area contributed by atoms with Crippen molar-refractivity contribution in [2.24, 2.45) is 0 Å². The van der Waals surface area contributed by atoms with E-state index >= 15 is 0 Å². The van der Waals surface area contributed by atoms with Gasteiger partial charge in [0.05, 0.1) is 10.6 Å². The number of aromatic carboxylic acids is 1. The number of benzene rings is 2. The zero-order valence-corrected chi connectivity index (χ0v) is 15.0. The lowest BCUT2D eigenvalue weighted by molar-refractivity contribution is 0.0703. The highest BCUT2D eigenvalue weighted by Gasteiger charge is 2.22. The van der Waals surface area contributed by atoms with Crippen LogP contribution < -0.4 is 4.72 Å². The van der Waals surface area contributed by atoms with Gasteiger partial charge in [0.15, 0.2) is 0 Å². The highest BCUT2D eigenvalue weighted by Crippen LogP contribution is 2.35. The van der Waals surface area contributed by atoms with E-state index in [0.29, 0.717) is 9.90 Å². The first-order valence-corrected chi connectivity index (χ1v) is 9.75. The standard InChI is InChI=1S/C17H12ClNO4S2/c18-12-6-8-13(9-7-12)25(22,23)19-14-10-15(24-16(14)17(20)21)11-4-2-1-3-5-11/h1-10,19H,(H,20,21). The molecule has 0 atom stereocenters. The molecule has 2 N–H and O–H groups in total. The lowest BCUT2D eigenvalue weighted by Crippen LogP contribution is -2.14. The minimum Gasteiger partial charge on any atom is -0.477 e. The van der Waals surface area contributed by atoms with E-state index in [4.69, 9.17) is 11.6 Å². The molecule has 5 nitrogen and oxygen atoms in total. The largest absolute Gasteiger partial charge is 0.477 e. The van der Waals surface area contributed by atoms with Crippen LogP contribution in [0.1, 0.15) is 9.67 Å². The molecule has 0 aliphatic carbocycles. The van der Waals surface area contributed by atoms with Crippen molar-refractivity contribution in [2.75, 3.05) is 4.72 Å². The van der Waals surface area contributed by atoms with Crippen molar-refractivity contribution < 1.29 is 18.3 Å². The van der Waals surface area contributed by atoms with Gasteiger partial charge in [0.1, 0.15) is 4.88 Å². The third kappa shape index (κ3) is 3.84. The van der Waals surface area contributed by atoms with Crippen LogP contribution in [0.2, 0.25) is 5.02 Å². The van der Waals surface area contributed by atoms with E-state index in [1.165, 1.54) is 30.3 Å². The highest BCUT2D eigenvalue weighted by atomic mass is 35.5. The van der Waals surface area contributed by atoms with Crippen LogP contribution >= 0.6 is 22.9 Å². The Labute approximate surface area is 153 Å². The first-order chi connectivity index (χ1) is 11.9. The zero-order valence-electron chi connectivity index (χ0n) is 12.6. The number of anilines is 1. The molecular formula is C17H12ClNO4S2. The van der Waals surface area contributed by atoms with Gasteiger partial charge in [-0.2, -0.15) is 0 Å². The second-order valence-corrected chi connectivity index (χ2v) is 8.26. The number of nitrogens with one attached hydrogen (secondary N) is 1. The predicted octanol–water partition coefficient (Wildman–Crippen LogP) is 4.57. The van der Waals surface area contributed by atoms with Crippen LogP contribution in [0.3, 0.4) is 0 Å². The summed E-state index contributed by atoms with van der Waals surface area (Å²) in [5, 5.41) is 9.80. The van der Waals surface area contributed by atoms with Gasteiger partial charge in [-0.1, -0.05) is 41.9 Å². The van der Waals surface area contributed by atoms with Crippen molar-refractivity contribution in [2.45, 2.75) is 4.90 Å². The molecule has 0 spiro atoms. The van der Waals surface area contributed by atoms with Gasteiger partial charge >= 0.3 is 5.97 Å². The first kappa shape index (κ1) is 17.5. The predicted molar refractivity (Wildman–Crippen MR) is 99.0 cm³/mol. The molecule has 3 aromatic rings. The molecule has 0 radical (unpaired) electrons. The number of hydrogen-bond acceptors (Lipinski definition) is 4. The number of hydrogen-bond donors (Lipinski definition) is 2. The number of sulfonamides is 1. The summed E-state index contributed by atoms with van der Waals surface area (Å²) in [7, 11) is -3.92. The van der Waals surface area contributed by atoms with Gasteiger partial charge in [-0.05, 0) is 35.9 Å². The molecule has 2 aromatic carbocycles. The normalized spacial score (nSPS) is 11.2. The van der Waals surface area contributed by atoms with Crippen molar-refractivity contribution >= 4 is 44.6 Å². The lowest BCUT2D eigenvalue weighted by Gasteiger charge is -2.07. The van der Waals surface area contributed by atoms with Crippen LogP contribution in [-0.4, -0.2) is 19.5 Å². The van der Waals surface area contributed by atoms with E-state index in [0.717, 1.165) is 16.9 Å². The molecule has 25 heavy (non-hydrogen) atoms. The first-order valence-electron chi connectivity index (χ1n) is 7.08. The van der Waals surface area contributed by atoms with Gasteiger partial charge in [0.2, 0.25) is 0 Å². The Morgan fingerprint density at radius 1 is 1.04 bits per heavy atom. The Hall–Kier alpha value is -2.35. The summed E-state index contributed by atoms with van der Waals surface area (Å²) in [4.78, 5) is 12.1. The summed E-state index contributed by atoms with van der Waals surface area (Å²) in [6.45, 7) is 0. The van der Waals surface area contributed by atoms with Crippen LogP contribution in [0, 0.1) is 0 Å².